The van der Waals surface area contributed by atoms with Crippen molar-refractivity contribution in [2.75, 3.05) is 7.11 Å². The van der Waals surface area contributed by atoms with Crippen molar-refractivity contribution < 1.29 is 23.1 Å². The maximum atomic E-state index is 13.5. The third-order valence-electron chi connectivity index (χ3n) is 5.39. The molecule has 2 atom stereocenters. The molecule has 0 aliphatic carbocycles. The number of benzene rings is 2. The highest BCUT2D eigenvalue weighted by molar-refractivity contribution is 7.89. The number of hydrogen-bond acceptors (Lipinski definition) is 5. The number of aliphatic carboxylic acids is 1. The van der Waals surface area contributed by atoms with E-state index in [0.717, 1.165) is 20.3 Å². The molecule has 30 heavy (non-hydrogen) atoms. The van der Waals surface area contributed by atoms with Gasteiger partial charge in [-0.2, -0.15) is 4.31 Å². The molecule has 2 heterocycles. The second kappa shape index (κ2) is 8.22. The number of carbonyl (C=O) groups is 1. The van der Waals surface area contributed by atoms with Crippen LogP contribution in [0.25, 0.3) is 0 Å². The van der Waals surface area contributed by atoms with Gasteiger partial charge in [0.1, 0.15) is 11.8 Å². The van der Waals surface area contributed by atoms with E-state index in [-0.39, 0.29) is 11.4 Å². The van der Waals surface area contributed by atoms with Crippen molar-refractivity contribution >= 4 is 27.3 Å². The molecule has 156 valence electrons. The van der Waals surface area contributed by atoms with E-state index < -0.39 is 28.0 Å². The first-order valence-corrected chi connectivity index (χ1v) is 11.7. The summed E-state index contributed by atoms with van der Waals surface area (Å²) in [5, 5.41) is 12.0. The maximum Gasteiger partial charge on any atom is 0.322 e. The van der Waals surface area contributed by atoms with Crippen molar-refractivity contribution in [3.05, 3.63) is 82.0 Å². The fourth-order valence-electron chi connectivity index (χ4n) is 3.92. The lowest BCUT2D eigenvalue weighted by Crippen LogP contribution is -2.51. The summed E-state index contributed by atoms with van der Waals surface area (Å²) < 4.78 is 33.1. The number of carboxylic acids is 1. The van der Waals surface area contributed by atoms with E-state index in [4.69, 9.17) is 4.74 Å². The van der Waals surface area contributed by atoms with Crippen LogP contribution in [0.2, 0.25) is 0 Å². The molecule has 0 saturated carbocycles. The van der Waals surface area contributed by atoms with Crippen LogP contribution >= 0.6 is 11.3 Å². The normalized spacial score (nSPS) is 19.2. The number of thiophene rings is 1. The molecule has 6 nitrogen and oxygen atoms in total. The van der Waals surface area contributed by atoms with Gasteiger partial charge in [-0.3, -0.25) is 4.79 Å². The Hall–Kier alpha value is -2.68. The summed E-state index contributed by atoms with van der Waals surface area (Å²) in [6.07, 6.45) is 0.441. The number of methoxy groups -OCH3 is 1. The molecule has 0 radical (unpaired) electrons. The summed E-state index contributed by atoms with van der Waals surface area (Å²) in [7, 11) is -2.52. The molecule has 4 rings (SSSR count). The Kier molecular flexibility index (Phi) is 5.64. The minimum Gasteiger partial charge on any atom is -0.497 e. The van der Waals surface area contributed by atoms with Crippen molar-refractivity contribution in [3.8, 4) is 5.75 Å². The Bertz CT molecular complexity index is 1140. The highest BCUT2D eigenvalue weighted by atomic mass is 32.2. The molecule has 0 spiro atoms. The first-order chi connectivity index (χ1) is 14.4. The highest BCUT2D eigenvalue weighted by Crippen LogP contribution is 2.41. The van der Waals surface area contributed by atoms with Crippen molar-refractivity contribution in [1.82, 2.24) is 4.31 Å². The minimum absolute atomic E-state index is 0.0453. The molecule has 1 aromatic heterocycles. The molecular weight excluding hydrogens is 422 g/mol. The first-order valence-electron chi connectivity index (χ1n) is 9.40. The largest absolute Gasteiger partial charge is 0.497 e. The number of nitrogens with zero attached hydrogens (tertiary/aromatic N) is 1. The van der Waals surface area contributed by atoms with E-state index in [0.29, 0.717) is 12.2 Å². The summed E-state index contributed by atoms with van der Waals surface area (Å²) in [6, 6.07) is 16.3. The molecule has 1 N–H and O–H groups in total. The smallest absolute Gasteiger partial charge is 0.322 e. The van der Waals surface area contributed by atoms with Gasteiger partial charge in [-0.1, -0.05) is 30.3 Å². The molecule has 0 bridgehead atoms. The molecule has 0 amide bonds. The molecule has 1 aliphatic heterocycles. The SMILES string of the molecule is COc1ccc(S(=O)(=O)N2Cc3sccc3C(Cc3ccccc3)C2C(=O)O)cc1. The Balaban J connectivity index is 1.78. The van der Waals surface area contributed by atoms with Crippen LogP contribution in [0, 0.1) is 0 Å². The number of sulfonamides is 1. The van der Waals surface area contributed by atoms with Gasteiger partial charge >= 0.3 is 5.97 Å². The molecule has 3 aromatic rings. The van der Waals surface area contributed by atoms with Gasteiger partial charge in [0.05, 0.1) is 12.0 Å². The topological polar surface area (TPSA) is 83.9 Å². The van der Waals surface area contributed by atoms with Crippen LogP contribution in [0.1, 0.15) is 21.9 Å². The van der Waals surface area contributed by atoms with Crippen LogP contribution in [-0.4, -0.2) is 37.0 Å². The Morgan fingerprint density at radius 3 is 2.47 bits per heavy atom. The molecule has 2 unspecified atom stereocenters. The molecule has 2 aromatic carbocycles. The fourth-order valence-corrected chi connectivity index (χ4v) is 6.54. The zero-order chi connectivity index (χ0) is 21.3. The molecule has 0 fully saturated rings. The lowest BCUT2D eigenvalue weighted by Gasteiger charge is -2.38. The van der Waals surface area contributed by atoms with E-state index in [1.165, 1.54) is 30.6 Å². The van der Waals surface area contributed by atoms with Crippen LogP contribution in [0.15, 0.2) is 70.9 Å². The fraction of sp³-hybridized carbons (Fsp3) is 0.227. The maximum absolute atomic E-state index is 13.5. The number of hydrogen-bond donors (Lipinski definition) is 1. The van der Waals surface area contributed by atoms with Crippen LogP contribution in [0.4, 0.5) is 0 Å². The lowest BCUT2D eigenvalue weighted by molar-refractivity contribution is -0.142. The highest BCUT2D eigenvalue weighted by Gasteiger charge is 2.46. The van der Waals surface area contributed by atoms with E-state index in [1.807, 2.05) is 41.8 Å². The van der Waals surface area contributed by atoms with E-state index in [1.54, 1.807) is 12.1 Å². The monoisotopic (exact) mass is 443 g/mol. The van der Waals surface area contributed by atoms with Gasteiger partial charge in [0.2, 0.25) is 10.0 Å². The van der Waals surface area contributed by atoms with E-state index >= 15 is 0 Å². The minimum atomic E-state index is -4.02. The van der Waals surface area contributed by atoms with E-state index in [9.17, 15) is 18.3 Å². The van der Waals surface area contributed by atoms with Gasteiger partial charge in [0.25, 0.3) is 0 Å². The number of rotatable bonds is 6. The van der Waals surface area contributed by atoms with Crippen molar-refractivity contribution in [2.45, 2.75) is 29.8 Å². The lowest BCUT2D eigenvalue weighted by atomic mass is 9.83. The van der Waals surface area contributed by atoms with Crippen LogP contribution < -0.4 is 4.74 Å². The molecule has 8 heteroatoms. The first kappa shape index (κ1) is 20.6. The molecule has 0 saturated heterocycles. The van der Waals surface area contributed by atoms with Crippen LogP contribution in [0.3, 0.4) is 0 Å². The molecular formula is C22H21NO5S2. The van der Waals surface area contributed by atoms with Gasteiger partial charge in [-0.15, -0.1) is 11.3 Å². The summed E-state index contributed by atoms with van der Waals surface area (Å²) in [5.74, 6) is -1.09. The third-order valence-corrected chi connectivity index (χ3v) is 8.15. The average Bonchev–Trinajstić information content (AvgIpc) is 3.23. The summed E-state index contributed by atoms with van der Waals surface area (Å²) in [6.45, 7) is 0.0453. The second-order valence-corrected chi connectivity index (χ2v) is 10.00. The summed E-state index contributed by atoms with van der Waals surface area (Å²) in [5.41, 5.74) is 1.88. The van der Waals surface area contributed by atoms with Crippen LogP contribution in [-0.2, 0) is 27.8 Å². The predicted molar refractivity (Wildman–Crippen MR) is 114 cm³/mol. The van der Waals surface area contributed by atoms with Gasteiger partial charge in [-0.05, 0) is 53.3 Å². The van der Waals surface area contributed by atoms with Gasteiger partial charge in [-0.25, -0.2) is 8.42 Å². The van der Waals surface area contributed by atoms with Crippen molar-refractivity contribution in [2.24, 2.45) is 0 Å². The quantitative estimate of drug-likeness (QED) is 0.627. The zero-order valence-electron chi connectivity index (χ0n) is 16.3. The second-order valence-electron chi connectivity index (χ2n) is 7.10. The third kappa shape index (κ3) is 3.74. The van der Waals surface area contributed by atoms with Gasteiger partial charge in [0, 0.05) is 17.3 Å². The van der Waals surface area contributed by atoms with E-state index in [2.05, 4.69) is 0 Å². The predicted octanol–water partition coefficient (Wildman–Crippen LogP) is 3.74. The number of fused-ring (bicyclic) bond motifs is 1. The Morgan fingerprint density at radius 2 is 1.83 bits per heavy atom. The van der Waals surface area contributed by atoms with Crippen molar-refractivity contribution in [3.63, 3.8) is 0 Å². The summed E-state index contributed by atoms with van der Waals surface area (Å²) >= 11 is 1.46. The van der Waals surface area contributed by atoms with Gasteiger partial charge in [0.15, 0.2) is 0 Å². The number of ether oxygens (including phenoxy) is 1. The average molecular weight is 444 g/mol. The van der Waals surface area contributed by atoms with Crippen LogP contribution in [0.5, 0.6) is 5.75 Å². The molecule has 1 aliphatic rings. The zero-order valence-corrected chi connectivity index (χ0v) is 17.9. The summed E-state index contributed by atoms with van der Waals surface area (Å²) in [4.78, 5) is 13.3. The standard InChI is InChI=1S/C22H21NO5S2/c1-28-16-7-9-17(10-8-16)30(26,27)23-14-20-18(11-12-29-20)19(21(23)22(24)25)13-15-5-3-2-4-6-15/h2-12,19,21H,13-14H2,1H3,(H,24,25). The van der Waals surface area contributed by atoms with Crippen molar-refractivity contribution in [1.29, 1.82) is 0 Å². The Morgan fingerprint density at radius 1 is 1.13 bits per heavy atom. The van der Waals surface area contributed by atoms with Gasteiger partial charge < -0.3 is 9.84 Å². The number of carboxylic acid groups (broad SMARTS) is 1. The Labute approximate surface area is 179 Å².